The number of rotatable bonds is 8. The molecule has 0 bridgehead atoms. The van der Waals surface area contributed by atoms with Gasteiger partial charge in [0, 0.05) is 18.3 Å². The van der Waals surface area contributed by atoms with E-state index < -0.39 is 35.7 Å². The standard InChI is InChI=1S/C27H24FN3O6/c1-36-22-5-3-4-21(14-22)31-25(33)23(30(27(31)35)16-17-6-10-19(28)11-7-17)15-24(32)29-20-12-8-18(9-13-20)26(34)37-2/h3-14,23H,15-16H2,1-2H3,(H,29,32)/t23-/m0/s1. The molecule has 1 atom stereocenters. The van der Waals surface area contributed by atoms with Crippen molar-refractivity contribution in [3.8, 4) is 5.75 Å². The smallest absolute Gasteiger partial charge is 0.337 e. The number of urea groups is 1. The second-order valence-electron chi connectivity index (χ2n) is 8.25. The molecule has 0 radical (unpaired) electrons. The molecule has 1 saturated heterocycles. The molecule has 3 aromatic carbocycles. The molecule has 0 unspecified atom stereocenters. The molecule has 1 N–H and O–H groups in total. The molecule has 1 heterocycles. The molecule has 0 aliphatic carbocycles. The van der Waals surface area contributed by atoms with Crippen molar-refractivity contribution >= 4 is 35.2 Å². The molecule has 1 aliphatic rings. The number of esters is 1. The Labute approximate surface area is 212 Å². The number of nitrogens with zero attached hydrogens (tertiary/aromatic N) is 2. The highest BCUT2D eigenvalue weighted by Crippen LogP contribution is 2.30. The van der Waals surface area contributed by atoms with Gasteiger partial charge in [0.2, 0.25) is 5.91 Å². The van der Waals surface area contributed by atoms with Crippen molar-refractivity contribution < 1.29 is 33.0 Å². The molecule has 1 aliphatic heterocycles. The highest BCUT2D eigenvalue weighted by molar-refractivity contribution is 6.22. The Balaban J connectivity index is 1.57. The predicted molar refractivity (Wildman–Crippen MR) is 133 cm³/mol. The van der Waals surface area contributed by atoms with E-state index in [0.29, 0.717) is 28.3 Å². The molecule has 10 heteroatoms. The van der Waals surface area contributed by atoms with Gasteiger partial charge in [-0.25, -0.2) is 18.9 Å². The summed E-state index contributed by atoms with van der Waals surface area (Å²) in [6.45, 7) is -0.00288. The van der Waals surface area contributed by atoms with Gasteiger partial charge in [-0.05, 0) is 54.1 Å². The normalized spacial score (nSPS) is 15.1. The first-order valence-corrected chi connectivity index (χ1v) is 11.3. The molecule has 0 spiro atoms. The second-order valence-corrected chi connectivity index (χ2v) is 8.25. The Morgan fingerprint density at radius 3 is 2.32 bits per heavy atom. The van der Waals surface area contributed by atoms with E-state index in [1.807, 2.05) is 0 Å². The summed E-state index contributed by atoms with van der Waals surface area (Å²) in [6, 6.07) is 16.4. The van der Waals surface area contributed by atoms with Crippen molar-refractivity contribution in [1.82, 2.24) is 4.90 Å². The molecule has 0 saturated carbocycles. The number of hydrogen-bond donors (Lipinski definition) is 1. The summed E-state index contributed by atoms with van der Waals surface area (Å²) in [4.78, 5) is 53.7. The van der Waals surface area contributed by atoms with Crippen molar-refractivity contribution in [3.05, 3.63) is 89.7 Å². The lowest BCUT2D eigenvalue weighted by Gasteiger charge is -2.21. The number of imide groups is 1. The van der Waals surface area contributed by atoms with Crippen LogP contribution in [0.1, 0.15) is 22.3 Å². The number of ether oxygens (including phenoxy) is 2. The maximum Gasteiger partial charge on any atom is 0.337 e. The Bertz CT molecular complexity index is 1330. The predicted octanol–water partition coefficient (Wildman–Crippen LogP) is 3.99. The maximum atomic E-state index is 13.4. The average molecular weight is 506 g/mol. The van der Waals surface area contributed by atoms with Crippen LogP contribution in [0.15, 0.2) is 72.8 Å². The van der Waals surface area contributed by atoms with E-state index in [-0.39, 0.29) is 13.0 Å². The summed E-state index contributed by atoms with van der Waals surface area (Å²) in [6.07, 6.45) is -0.314. The third-order valence-corrected chi connectivity index (χ3v) is 5.86. The van der Waals surface area contributed by atoms with Crippen molar-refractivity contribution in [2.75, 3.05) is 24.4 Å². The Kier molecular flexibility index (Phi) is 7.47. The van der Waals surface area contributed by atoms with Crippen LogP contribution in [0.4, 0.5) is 20.6 Å². The van der Waals surface area contributed by atoms with E-state index in [2.05, 4.69) is 10.1 Å². The molecule has 1 fully saturated rings. The fraction of sp³-hybridized carbons (Fsp3) is 0.185. The molecule has 9 nitrogen and oxygen atoms in total. The van der Waals surface area contributed by atoms with E-state index in [0.717, 1.165) is 4.90 Å². The van der Waals surface area contributed by atoms with Gasteiger partial charge in [0.15, 0.2) is 0 Å². The number of anilines is 2. The first-order chi connectivity index (χ1) is 17.8. The van der Waals surface area contributed by atoms with Gasteiger partial charge >= 0.3 is 12.0 Å². The monoisotopic (exact) mass is 505 g/mol. The summed E-state index contributed by atoms with van der Waals surface area (Å²) in [7, 11) is 2.74. The molecular formula is C27H24FN3O6. The van der Waals surface area contributed by atoms with Gasteiger partial charge in [-0.3, -0.25) is 9.59 Å². The highest BCUT2D eigenvalue weighted by Gasteiger charge is 2.46. The number of carbonyl (C=O) groups is 4. The molecule has 4 amide bonds. The lowest BCUT2D eigenvalue weighted by molar-refractivity contribution is -0.124. The van der Waals surface area contributed by atoms with Gasteiger partial charge in [-0.15, -0.1) is 0 Å². The van der Waals surface area contributed by atoms with E-state index in [1.54, 1.807) is 24.3 Å². The maximum absolute atomic E-state index is 13.4. The van der Waals surface area contributed by atoms with Crippen molar-refractivity contribution in [2.45, 2.75) is 19.0 Å². The number of halogens is 1. The fourth-order valence-electron chi connectivity index (χ4n) is 3.98. The number of hydrogen-bond acceptors (Lipinski definition) is 6. The first kappa shape index (κ1) is 25.4. The minimum absolute atomic E-state index is 0.00288. The fourth-order valence-corrected chi connectivity index (χ4v) is 3.98. The van der Waals surface area contributed by atoms with Crippen LogP contribution >= 0.6 is 0 Å². The van der Waals surface area contributed by atoms with Gasteiger partial charge in [0.05, 0.1) is 31.9 Å². The number of amides is 4. The third kappa shape index (κ3) is 5.58. The van der Waals surface area contributed by atoms with Crippen LogP contribution in [0.3, 0.4) is 0 Å². The summed E-state index contributed by atoms with van der Waals surface area (Å²) >= 11 is 0. The number of methoxy groups -OCH3 is 2. The Hall–Kier alpha value is -4.73. The number of benzene rings is 3. The molecule has 37 heavy (non-hydrogen) atoms. The Morgan fingerprint density at radius 1 is 0.973 bits per heavy atom. The number of nitrogens with one attached hydrogen (secondary N) is 1. The van der Waals surface area contributed by atoms with Crippen LogP contribution in [0.2, 0.25) is 0 Å². The third-order valence-electron chi connectivity index (χ3n) is 5.86. The summed E-state index contributed by atoms with van der Waals surface area (Å²) < 4.78 is 23.3. The van der Waals surface area contributed by atoms with Crippen LogP contribution in [-0.2, 0) is 20.9 Å². The topological polar surface area (TPSA) is 105 Å². The summed E-state index contributed by atoms with van der Waals surface area (Å²) in [5.41, 5.74) is 1.62. The molecule has 3 aromatic rings. The van der Waals surface area contributed by atoms with Crippen molar-refractivity contribution in [1.29, 1.82) is 0 Å². The highest BCUT2D eigenvalue weighted by atomic mass is 19.1. The van der Waals surface area contributed by atoms with Crippen molar-refractivity contribution in [2.24, 2.45) is 0 Å². The lowest BCUT2D eigenvalue weighted by Crippen LogP contribution is -2.37. The van der Waals surface area contributed by atoms with Crippen LogP contribution in [0.5, 0.6) is 5.75 Å². The Morgan fingerprint density at radius 2 is 1.68 bits per heavy atom. The zero-order chi connectivity index (χ0) is 26.5. The van der Waals surface area contributed by atoms with Crippen LogP contribution in [-0.4, -0.2) is 49.0 Å². The van der Waals surface area contributed by atoms with Crippen LogP contribution < -0.4 is 15.0 Å². The van der Waals surface area contributed by atoms with E-state index in [4.69, 9.17) is 4.74 Å². The minimum atomic E-state index is -1.10. The number of carbonyl (C=O) groups excluding carboxylic acids is 4. The zero-order valence-electron chi connectivity index (χ0n) is 20.1. The average Bonchev–Trinajstić information content (AvgIpc) is 3.13. The van der Waals surface area contributed by atoms with E-state index in [1.165, 1.54) is 67.7 Å². The van der Waals surface area contributed by atoms with Crippen LogP contribution in [0, 0.1) is 5.82 Å². The molecule has 0 aromatic heterocycles. The summed E-state index contributed by atoms with van der Waals surface area (Å²) in [5, 5.41) is 2.68. The van der Waals surface area contributed by atoms with E-state index >= 15 is 0 Å². The second kappa shape index (κ2) is 10.9. The van der Waals surface area contributed by atoms with Gasteiger partial charge in [-0.2, -0.15) is 0 Å². The van der Waals surface area contributed by atoms with E-state index in [9.17, 15) is 23.6 Å². The van der Waals surface area contributed by atoms with Crippen LogP contribution in [0.25, 0.3) is 0 Å². The molecule has 4 rings (SSSR count). The first-order valence-electron chi connectivity index (χ1n) is 11.3. The minimum Gasteiger partial charge on any atom is -0.497 e. The SMILES string of the molecule is COC(=O)c1ccc(NC(=O)C[C@H]2C(=O)N(c3cccc(OC)c3)C(=O)N2Cc2ccc(F)cc2)cc1. The molecule has 190 valence electrons. The van der Waals surface area contributed by atoms with Gasteiger partial charge in [0.1, 0.15) is 17.6 Å². The van der Waals surface area contributed by atoms with Gasteiger partial charge in [0.25, 0.3) is 5.91 Å². The quantitative estimate of drug-likeness (QED) is 0.367. The largest absolute Gasteiger partial charge is 0.497 e. The van der Waals surface area contributed by atoms with Gasteiger partial charge < -0.3 is 19.7 Å². The summed E-state index contributed by atoms with van der Waals surface area (Å²) in [5.74, 6) is -1.56. The lowest BCUT2D eigenvalue weighted by atomic mass is 10.1. The molecular weight excluding hydrogens is 481 g/mol. The zero-order valence-corrected chi connectivity index (χ0v) is 20.1. The van der Waals surface area contributed by atoms with Gasteiger partial charge in [-0.1, -0.05) is 18.2 Å². The van der Waals surface area contributed by atoms with Crippen molar-refractivity contribution in [3.63, 3.8) is 0 Å².